The lowest BCUT2D eigenvalue weighted by Crippen LogP contribution is -1.77. The number of methoxy groups -OCH3 is 1. The predicted molar refractivity (Wildman–Crippen MR) is 78.1 cm³/mol. The molecule has 0 bridgehead atoms. The Balaban J connectivity index is 2.39. The van der Waals surface area contributed by atoms with E-state index in [-0.39, 0.29) is 0 Å². The predicted octanol–water partition coefficient (Wildman–Crippen LogP) is 4.63. The molecule has 1 rings (SSSR count). The molecule has 0 aliphatic carbocycles. The van der Waals surface area contributed by atoms with Gasteiger partial charge in [-0.1, -0.05) is 50.2 Å². The smallest absolute Gasteiger partial charge is 0.0830 e. The highest BCUT2D eigenvalue weighted by Gasteiger charge is 1.88. The summed E-state index contributed by atoms with van der Waals surface area (Å²) in [6.07, 6.45) is 9.73. The number of benzene rings is 1. The maximum atomic E-state index is 4.88. The van der Waals surface area contributed by atoms with E-state index in [0.717, 1.165) is 17.5 Å². The molecule has 0 aromatic heterocycles. The first-order valence-electron chi connectivity index (χ1n) is 6.65. The molecule has 18 heavy (non-hydrogen) atoms. The average molecular weight is 242 g/mol. The van der Waals surface area contributed by atoms with E-state index in [1.165, 1.54) is 25.7 Å². The van der Waals surface area contributed by atoms with Crippen molar-refractivity contribution in [1.29, 1.82) is 0 Å². The number of hydrogen-bond acceptors (Lipinski definition) is 1. The van der Waals surface area contributed by atoms with Gasteiger partial charge >= 0.3 is 0 Å². The fourth-order valence-corrected chi connectivity index (χ4v) is 1.63. The molecule has 0 spiro atoms. The summed E-state index contributed by atoms with van der Waals surface area (Å²) in [5.41, 5.74) is 2.21. The van der Waals surface area contributed by atoms with Crippen LogP contribution in [0.5, 0.6) is 0 Å². The molecule has 0 saturated carbocycles. The highest BCUT2D eigenvalue weighted by atomic mass is 16.5. The summed E-state index contributed by atoms with van der Waals surface area (Å²) >= 11 is 0. The zero-order valence-electron chi connectivity index (χ0n) is 11.4. The van der Waals surface area contributed by atoms with E-state index in [1.54, 1.807) is 13.4 Å². The molecule has 0 fully saturated rings. The monoisotopic (exact) mass is 242 g/mol. The van der Waals surface area contributed by atoms with E-state index in [1.807, 2.05) is 18.2 Å². The molecular weight excluding hydrogens is 220 g/mol. The van der Waals surface area contributed by atoms with Crippen LogP contribution in [0.3, 0.4) is 0 Å². The minimum Gasteiger partial charge on any atom is -0.504 e. The summed E-state index contributed by atoms with van der Waals surface area (Å²) < 4.78 is 4.88. The summed E-state index contributed by atoms with van der Waals surface area (Å²) in [6.45, 7) is 2.23. The van der Waals surface area contributed by atoms with Crippen LogP contribution in [0.25, 0.3) is 6.08 Å². The Labute approximate surface area is 111 Å². The van der Waals surface area contributed by atoms with Crippen molar-refractivity contribution in [3.63, 3.8) is 0 Å². The molecule has 0 unspecified atom stereocenters. The van der Waals surface area contributed by atoms with Crippen LogP contribution in [0, 0.1) is 11.8 Å². The normalized spacial score (nSPS) is 10.1. The minimum absolute atomic E-state index is 1.01. The molecule has 0 N–H and O–H groups in total. The van der Waals surface area contributed by atoms with E-state index in [9.17, 15) is 0 Å². The molecule has 1 aromatic carbocycles. The summed E-state index contributed by atoms with van der Waals surface area (Å²) in [5, 5.41) is 0. The van der Waals surface area contributed by atoms with Gasteiger partial charge in [-0.25, -0.2) is 0 Å². The van der Waals surface area contributed by atoms with Crippen LogP contribution in [0.1, 0.15) is 50.2 Å². The summed E-state index contributed by atoms with van der Waals surface area (Å²) in [6, 6.07) is 8.20. The first-order valence-corrected chi connectivity index (χ1v) is 6.65. The zero-order valence-corrected chi connectivity index (χ0v) is 11.4. The van der Waals surface area contributed by atoms with Gasteiger partial charge in [0.15, 0.2) is 0 Å². The van der Waals surface area contributed by atoms with E-state index >= 15 is 0 Å². The Hall–Kier alpha value is -1.68. The first kappa shape index (κ1) is 14.4. The molecule has 1 nitrogen and oxygen atoms in total. The second-order valence-corrected chi connectivity index (χ2v) is 4.27. The van der Waals surface area contributed by atoms with Crippen LogP contribution >= 0.6 is 0 Å². The van der Waals surface area contributed by atoms with Gasteiger partial charge in [-0.15, -0.1) is 0 Å². The Morgan fingerprint density at radius 3 is 2.56 bits per heavy atom. The van der Waals surface area contributed by atoms with E-state index in [4.69, 9.17) is 4.74 Å². The standard InChI is InChI=1S/C17H22O/c1-3-4-5-6-7-8-9-16-10-12-17(13-11-16)14-15-18-2/h10-15H,3-7H2,1-2H3. The van der Waals surface area contributed by atoms with Crippen LogP contribution in [-0.2, 0) is 4.74 Å². The summed E-state index contributed by atoms with van der Waals surface area (Å²) in [5.74, 6) is 6.43. The lowest BCUT2D eigenvalue weighted by Gasteiger charge is -1.94. The Morgan fingerprint density at radius 2 is 1.89 bits per heavy atom. The van der Waals surface area contributed by atoms with Crippen LogP contribution in [0.4, 0.5) is 0 Å². The van der Waals surface area contributed by atoms with Crippen LogP contribution in [0.2, 0.25) is 0 Å². The highest BCUT2D eigenvalue weighted by molar-refractivity contribution is 5.50. The molecule has 0 atom stereocenters. The van der Waals surface area contributed by atoms with Gasteiger partial charge in [0.25, 0.3) is 0 Å². The van der Waals surface area contributed by atoms with Crippen LogP contribution in [-0.4, -0.2) is 7.11 Å². The average Bonchev–Trinajstić information content (AvgIpc) is 2.42. The quantitative estimate of drug-likeness (QED) is 0.401. The second-order valence-electron chi connectivity index (χ2n) is 4.27. The van der Waals surface area contributed by atoms with Gasteiger partial charge in [0, 0.05) is 12.0 Å². The molecule has 0 aliphatic heterocycles. The first-order chi connectivity index (χ1) is 8.86. The van der Waals surface area contributed by atoms with E-state index in [2.05, 4.69) is 30.9 Å². The highest BCUT2D eigenvalue weighted by Crippen LogP contribution is 2.06. The molecule has 0 amide bonds. The maximum absolute atomic E-state index is 4.88. The largest absolute Gasteiger partial charge is 0.504 e. The van der Waals surface area contributed by atoms with Crippen molar-refractivity contribution in [3.05, 3.63) is 41.7 Å². The molecule has 0 heterocycles. The van der Waals surface area contributed by atoms with Crippen molar-refractivity contribution in [2.45, 2.75) is 39.0 Å². The number of unbranched alkanes of at least 4 members (excludes halogenated alkanes) is 4. The third kappa shape index (κ3) is 6.15. The van der Waals surface area contributed by atoms with Crippen molar-refractivity contribution in [2.24, 2.45) is 0 Å². The number of hydrogen-bond donors (Lipinski definition) is 0. The van der Waals surface area contributed by atoms with Crippen molar-refractivity contribution >= 4 is 6.08 Å². The van der Waals surface area contributed by atoms with Gasteiger partial charge in [-0.2, -0.15) is 0 Å². The van der Waals surface area contributed by atoms with Gasteiger partial charge in [0.2, 0.25) is 0 Å². The van der Waals surface area contributed by atoms with Crippen molar-refractivity contribution in [1.82, 2.24) is 0 Å². The van der Waals surface area contributed by atoms with Gasteiger partial charge in [0.05, 0.1) is 13.4 Å². The summed E-state index contributed by atoms with van der Waals surface area (Å²) in [7, 11) is 1.65. The van der Waals surface area contributed by atoms with Crippen molar-refractivity contribution < 1.29 is 4.74 Å². The zero-order chi connectivity index (χ0) is 13.1. The molecule has 1 aromatic rings. The third-order valence-corrected chi connectivity index (χ3v) is 2.70. The van der Waals surface area contributed by atoms with Crippen LogP contribution < -0.4 is 0 Å². The minimum atomic E-state index is 1.01. The molecular formula is C17H22O. The molecule has 1 heteroatoms. The fraction of sp³-hybridized carbons (Fsp3) is 0.412. The van der Waals surface area contributed by atoms with Crippen molar-refractivity contribution in [2.75, 3.05) is 7.11 Å². The Bertz CT molecular complexity index is 403. The molecule has 96 valence electrons. The maximum Gasteiger partial charge on any atom is 0.0830 e. The van der Waals surface area contributed by atoms with Gasteiger partial charge < -0.3 is 4.74 Å². The lowest BCUT2D eigenvalue weighted by molar-refractivity contribution is 0.341. The second kappa shape index (κ2) is 9.36. The topological polar surface area (TPSA) is 9.23 Å². The van der Waals surface area contributed by atoms with Gasteiger partial charge in [-0.3, -0.25) is 0 Å². The Morgan fingerprint density at radius 1 is 1.11 bits per heavy atom. The number of ether oxygens (including phenoxy) is 1. The molecule has 0 aliphatic rings. The number of rotatable bonds is 6. The molecule has 0 saturated heterocycles. The van der Waals surface area contributed by atoms with Gasteiger partial charge in [-0.05, 0) is 30.2 Å². The Kier molecular flexibility index (Phi) is 7.48. The van der Waals surface area contributed by atoms with Crippen molar-refractivity contribution in [3.8, 4) is 11.8 Å². The van der Waals surface area contributed by atoms with Gasteiger partial charge in [0.1, 0.15) is 0 Å². The van der Waals surface area contributed by atoms with E-state index in [0.29, 0.717) is 0 Å². The van der Waals surface area contributed by atoms with E-state index < -0.39 is 0 Å². The third-order valence-electron chi connectivity index (χ3n) is 2.70. The lowest BCUT2D eigenvalue weighted by atomic mass is 10.1. The summed E-state index contributed by atoms with van der Waals surface area (Å²) in [4.78, 5) is 0. The SMILES string of the molecule is CCCCCCC#Cc1ccc(C=COC)cc1. The fourth-order valence-electron chi connectivity index (χ4n) is 1.63. The molecule has 0 radical (unpaired) electrons. The van der Waals surface area contributed by atoms with Crippen LogP contribution in [0.15, 0.2) is 30.5 Å².